The molecule has 0 aliphatic carbocycles. The molecule has 1 aromatic rings. The number of likely N-dealkylation sites (tertiary alicyclic amines) is 1. The summed E-state index contributed by atoms with van der Waals surface area (Å²) in [5, 5.41) is 6.40. The molecule has 26 heavy (non-hydrogen) atoms. The molecule has 1 saturated heterocycles. The summed E-state index contributed by atoms with van der Waals surface area (Å²) in [5.74, 6) is 1.48. The largest absolute Gasteiger partial charge is 0.401 e. The number of nitrogens with zero attached hydrogens (tertiary/aromatic N) is 4. The predicted molar refractivity (Wildman–Crippen MR) is 97.4 cm³/mol. The second-order valence-corrected chi connectivity index (χ2v) is 6.59. The molecule has 1 aliphatic rings. The van der Waals surface area contributed by atoms with Crippen LogP contribution in [-0.4, -0.2) is 68.3 Å². The van der Waals surface area contributed by atoms with E-state index in [0.717, 1.165) is 11.4 Å². The van der Waals surface area contributed by atoms with E-state index in [0.29, 0.717) is 38.6 Å². The number of hydrogen-bond donors (Lipinski definition) is 2. The zero-order valence-electron chi connectivity index (χ0n) is 15.5. The van der Waals surface area contributed by atoms with Gasteiger partial charge in [-0.3, -0.25) is 4.90 Å². The van der Waals surface area contributed by atoms with E-state index in [1.807, 2.05) is 38.1 Å². The Balaban J connectivity index is 1.94. The van der Waals surface area contributed by atoms with Crippen molar-refractivity contribution >= 4 is 11.8 Å². The highest BCUT2D eigenvalue weighted by Crippen LogP contribution is 2.20. The Bertz CT molecular complexity index is 602. The summed E-state index contributed by atoms with van der Waals surface area (Å²) < 4.78 is 37.5. The molecule has 0 radical (unpaired) electrons. The minimum absolute atomic E-state index is 0.0371. The highest BCUT2D eigenvalue weighted by atomic mass is 19.4. The molecule has 1 fully saturated rings. The minimum Gasteiger partial charge on any atom is -0.363 e. The Hall–Kier alpha value is -2.03. The minimum atomic E-state index is -4.15. The molecule has 1 atom stereocenters. The van der Waals surface area contributed by atoms with Crippen LogP contribution in [0.3, 0.4) is 0 Å². The fraction of sp³-hybridized carbons (Fsp3) is 0.647. The predicted octanol–water partition coefficient (Wildman–Crippen LogP) is 1.84. The van der Waals surface area contributed by atoms with Crippen molar-refractivity contribution in [3.8, 4) is 0 Å². The summed E-state index contributed by atoms with van der Waals surface area (Å²) >= 11 is 0. The number of anilines is 1. The SMILES string of the molecule is CCNC(=NCc1ccnc(N(C)C)c1)NC1CCN(CC(F)(F)F)C1. The average molecular weight is 372 g/mol. The lowest BCUT2D eigenvalue weighted by Gasteiger charge is -2.19. The summed E-state index contributed by atoms with van der Waals surface area (Å²) in [4.78, 5) is 12.2. The zero-order valence-corrected chi connectivity index (χ0v) is 15.5. The van der Waals surface area contributed by atoms with Gasteiger partial charge in [0.2, 0.25) is 0 Å². The van der Waals surface area contributed by atoms with Gasteiger partial charge in [-0.1, -0.05) is 0 Å². The summed E-state index contributed by atoms with van der Waals surface area (Å²) in [7, 11) is 3.85. The Kier molecular flexibility index (Phi) is 7.07. The Morgan fingerprint density at radius 3 is 2.85 bits per heavy atom. The normalized spacial score (nSPS) is 18.8. The maximum atomic E-state index is 12.5. The van der Waals surface area contributed by atoms with Crippen LogP contribution < -0.4 is 15.5 Å². The molecule has 9 heteroatoms. The third kappa shape index (κ3) is 6.70. The van der Waals surface area contributed by atoms with Gasteiger partial charge in [-0.05, 0) is 31.0 Å². The van der Waals surface area contributed by atoms with Gasteiger partial charge < -0.3 is 15.5 Å². The van der Waals surface area contributed by atoms with E-state index < -0.39 is 12.7 Å². The molecule has 0 amide bonds. The van der Waals surface area contributed by atoms with Gasteiger partial charge in [0, 0.05) is 46.0 Å². The number of rotatable bonds is 6. The topological polar surface area (TPSA) is 55.8 Å². The summed E-state index contributed by atoms with van der Waals surface area (Å²) in [5.41, 5.74) is 1.02. The Labute approximate surface area is 152 Å². The van der Waals surface area contributed by atoms with Crippen molar-refractivity contribution in [3.05, 3.63) is 23.9 Å². The molecule has 2 heterocycles. The molecule has 1 aliphatic heterocycles. The number of halogens is 3. The van der Waals surface area contributed by atoms with Crippen LogP contribution in [0.25, 0.3) is 0 Å². The molecule has 1 unspecified atom stereocenters. The lowest BCUT2D eigenvalue weighted by Crippen LogP contribution is -2.45. The van der Waals surface area contributed by atoms with E-state index in [2.05, 4.69) is 20.6 Å². The van der Waals surface area contributed by atoms with Gasteiger partial charge in [0.15, 0.2) is 5.96 Å². The maximum Gasteiger partial charge on any atom is 0.401 e. The van der Waals surface area contributed by atoms with Crippen LogP contribution in [0.4, 0.5) is 19.0 Å². The average Bonchev–Trinajstić information content (AvgIpc) is 2.98. The standard InChI is InChI=1S/C17H27F3N6/c1-4-21-16(23-10-13-5-7-22-15(9-13)25(2)3)24-14-6-8-26(11-14)12-17(18,19)20/h5,7,9,14H,4,6,8,10-12H2,1-3H3,(H2,21,23,24). The van der Waals surface area contributed by atoms with Gasteiger partial charge >= 0.3 is 6.18 Å². The summed E-state index contributed by atoms with van der Waals surface area (Å²) in [6.45, 7) is 3.06. The van der Waals surface area contributed by atoms with Crippen molar-refractivity contribution in [1.29, 1.82) is 0 Å². The van der Waals surface area contributed by atoms with E-state index in [-0.39, 0.29) is 6.04 Å². The Morgan fingerprint density at radius 2 is 2.19 bits per heavy atom. The van der Waals surface area contributed by atoms with E-state index >= 15 is 0 Å². The zero-order chi connectivity index (χ0) is 19.2. The van der Waals surface area contributed by atoms with Gasteiger partial charge in [-0.2, -0.15) is 13.2 Å². The van der Waals surface area contributed by atoms with Crippen molar-refractivity contribution in [2.24, 2.45) is 4.99 Å². The molecule has 0 saturated carbocycles. The number of hydrogen-bond acceptors (Lipinski definition) is 4. The molecular formula is C17H27F3N6. The van der Waals surface area contributed by atoms with Gasteiger partial charge in [0.25, 0.3) is 0 Å². The number of aliphatic imine (C=N–C) groups is 1. The number of guanidine groups is 1. The first-order valence-electron chi connectivity index (χ1n) is 8.73. The van der Waals surface area contributed by atoms with E-state index in [9.17, 15) is 13.2 Å². The van der Waals surface area contributed by atoms with E-state index in [1.54, 1.807) is 6.20 Å². The third-order valence-electron chi connectivity index (χ3n) is 4.05. The number of aromatic nitrogens is 1. The highest BCUT2D eigenvalue weighted by molar-refractivity contribution is 5.80. The molecule has 0 aromatic carbocycles. The first kappa shape index (κ1) is 20.3. The van der Waals surface area contributed by atoms with Crippen molar-refractivity contribution in [1.82, 2.24) is 20.5 Å². The van der Waals surface area contributed by atoms with Crippen molar-refractivity contribution < 1.29 is 13.2 Å². The van der Waals surface area contributed by atoms with Crippen molar-refractivity contribution in [2.75, 3.05) is 45.2 Å². The van der Waals surface area contributed by atoms with Crippen molar-refractivity contribution in [2.45, 2.75) is 32.1 Å². The van der Waals surface area contributed by atoms with Crippen molar-refractivity contribution in [3.63, 3.8) is 0 Å². The van der Waals surface area contributed by atoms with Crippen LogP contribution in [0.5, 0.6) is 0 Å². The molecule has 2 rings (SSSR count). The van der Waals surface area contributed by atoms with E-state index in [4.69, 9.17) is 0 Å². The molecule has 6 nitrogen and oxygen atoms in total. The first-order chi connectivity index (χ1) is 12.3. The fourth-order valence-electron chi connectivity index (χ4n) is 2.83. The monoisotopic (exact) mass is 372 g/mol. The van der Waals surface area contributed by atoms with Gasteiger partial charge in [0.05, 0.1) is 13.1 Å². The molecule has 1 aromatic heterocycles. The number of alkyl halides is 3. The number of pyridine rings is 1. The number of nitrogens with one attached hydrogen (secondary N) is 2. The van der Waals surface area contributed by atoms with Gasteiger partial charge in [0.1, 0.15) is 5.82 Å². The molecule has 2 N–H and O–H groups in total. The second kappa shape index (κ2) is 9.07. The van der Waals surface area contributed by atoms with Crippen LogP contribution in [0.1, 0.15) is 18.9 Å². The lowest BCUT2D eigenvalue weighted by molar-refractivity contribution is -0.143. The summed E-state index contributed by atoms with van der Waals surface area (Å²) in [6.07, 6.45) is -1.74. The fourth-order valence-corrected chi connectivity index (χ4v) is 2.83. The third-order valence-corrected chi connectivity index (χ3v) is 4.05. The first-order valence-corrected chi connectivity index (χ1v) is 8.73. The highest BCUT2D eigenvalue weighted by Gasteiger charge is 2.34. The smallest absolute Gasteiger partial charge is 0.363 e. The molecule has 0 bridgehead atoms. The molecule has 0 spiro atoms. The molecular weight excluding hydrogens is 345 g/mol. The quantitative estimate of drug-likeness (QED) is 0.590. The van der Waals surface area contributed by atoms with Crippen LogP contribution >= 0.6 is 0 Å². The van der Waals surface area contributed by atoms with Crippen LogP contribution in [0, 0.1) is 0 Å². The van der Waals surface area contributed by atoms with Crippen LogP contribution in [0.15, 0.2) is 23.3 Å². The van der Waals surface area contributed by atoms with Gasteiger partial charge in [-0.15, -0.1) is 0 Å². The summed E-state index contributed by atoms with van der Waals surface area (Å²) in [6, 6.07) is 3.83. The molecule has 146 valence electrons. The van der Waals surface area contributed by atoms with Crippen LogP contribution in [-0.2, 0) is 6.54 Å². The van der Waals surface area contributed by atoms with Crippen LogP contribution in [0.2, 0.25) is 0 Å². The van der Waals surface area contributed by atoms with E-state index in [1.165, 1.54) is 4.90 Å². The Morgan fingerprint density at radius 1 is 1.42 bits per heavy atom. The van der Waals surface area contributed by atoms with Gasteiger partial charge in [-0.25, -0.2) is 9.98 Å². The second-order valence-electron chi connectivity index (χ2n) is 6.59. The lowest BCUT2D eigenvalue weighted by atomic mass is 10.2. The maximum absolute atomic E-state index is 12.5.